The molecule has 0 radical (unpaired) electrons. The maximum absolute atomic E-state index is 9.26. The van der Waals surface area contributed by atoms with Crippen molar-refractivity contribution in [2.45, 2.75) is 74.9 Å². The summed E-state index contributed by atoms with van der Waals surface area (Å²) in [7, 11) is 0. The molecule has 0 atom stereocenters. The Balaban J connectivity index is 1.13. The summed E-state index contributed by atoms with van der Waals surface area (Å²) in [6.45, 7) is 0.456. The molecular formula is C29H25Cl2N3O2S. The molecule has 5 nitrogen and oxygen atoms in total. The van der Waals surface area contributed by atoms with Gasteiger partial charge in [0.1, 0.15) is 11.5 Å². The van der Waals surface area contributed by atoms with Gasteiger partial charge in [0.05, 0.1) is 49.1 Å². The summed E-state index contributed by atoms with van der Waals surface area (Å²) in [4.78, 5) is 5.01. The predicted molar refractivity (Wildman–Crippen MR) is 145 cm³/mol. The molecule has 0 spiro atoms. The molecule has 4 fully saturated rings. The highest BCUT2D eigenvalue weighted by atomic mass is 35.5. The van der Waals surface area contributed by atoms with E-state index in [-0.39, 0.29) is 11.0 Å². The van der Waals surface area contributed by atoms with Crippen LogP contribution in [0.1, 0.15) is 79.2 Å². The third-order valence-corrected chi connectivity index (χ3v) is 10.5. The Morgan fingerprint density at radius 2 is 1.78 bits per heavy atom. The van der Waals surface area contributed by atoms with Crippen LogP contribution in [0.25, 0.3) is 21.5 Å². The molecule has 2 bridgehead atoms. The van der Waals surface area contributed by atoms with Crippen molar-refractivity contribution in [3.05, 3.63) is 68.3 Å². The quantitative estimate of drug-likeness (QED) is 0.241. The van der Waals surface area contributed by atoms with Gasteiger partial charge < -0.3 is 9.26 Å². The number of ether oxygens (including phenoxy) is 1. The lowest BCUT2D eigenvalue weighted by atomic mass is 9.59. The molecule has 4 aliphatic carbocycles. The Morgan fingerprint density at radius 3 is 2.46 bits per heavy atom. The lowest BCUT2D eigenvalue weighted by Gasteiger charge is -2.52. The SMILES string of the molecule is N#Cc1ccc2nc(C34CCC(OCc5c(-c6c(Cl)cccc6Cl)noc5C5CC5)(CC3)CC4)sc2c1. The van der Waals surface area contributed by atoms with Crippen LogP contribution in [-0.4, -0.2) is 15.7 Å². The predicted octanol–water partition coefficient (Wildman–Crippen LogP) is 8.57. The molecule has 37 heavy (non-hydrogen) atoms. The van der Waals surface area contributed by atoms with Gasteiger partial charge in [-0.1, -0.05) is 34.4 Å². The van der Waals surface area contributed by atoms with Crippen molar-refractivity contribution in [1.29, 1.82) is 5.26 Å². The molecule has 8 rings (SSSR count). The molecule has 188 valence electrons. The number of rotatable bonds is 6. The number of fused-ring (bicyclic) bond motifs is 4. The van der Waals surface area contributed by atoms with Gasteiger partial charge in [0.25, 0.3) is 0 Å². The highest BCUT2D eigenvalue weighted by Gasteiger charge is 2.51. The summed E-state index contributed by atoms with van der Waals surface area (Å²) < 4.78 is 13.7. The molecule has 2 heterocycles. The van der Waals surface area contributed by atoms with Gasteiger partial charge in [-0.2, -0.15) is 5.26 Å². The summed E-state index contributed by atoms with van der Waals surface area (Å²) >= 11 is 14.8. The largest absolute Gasteiger partial charge is 0.370 e. The molecule has 2 aromatic heterocycles. The van der Waals surface area contributed by atoms with Crippen LogP contribution in [0, 0.1) is 11.3 Å². The van der Waals surface area contributed by atoms with Crippen LogP contribution in [0.4, 0.5) is 0 Å². The first-order chi connectivity index (χ1) is 18.0. The fourth-order valence-corrected chi connectivity index (χ4v) is 8.04. The van der Waals surface area contributed by atoms with Gasteiger partial charge in [0, 0.05) is 22.5 Å². The van der Waals surface area contributed by atoms with Crippen molar-refractivity contribution in [3.8, 4) is 17.3 Å². The molecule has 0 aliphatic heterocycles. The fraction of sp³-hybridized carbons (Fsp3) is 0.414. The Morgan fingerprint density at radius 1 is 1.05 bits per heavy atom. The smallest absolute Gasteiger partial charge is 0.145 e. The van der Waals surface area contributed by atoms with Crippen molar-refractivity contribution in [1.82, 2.24) is 10.1 Å². The van der Waals surface area contributed by atoms with Crippen LogP contribution < -0.4 is 0 Å². The van der Waals surface area contributed by atoms with E-state index < -0.39 is 0 Å². The van der Waals surface area contributed by atoms with Crippen molar-refractivity contribution >= 4 is 44.8 Å². The molecule has 4 aliphatic rings. The number of thiazole rings is 1. The first-order valence-corrected chi connectivity index (χ1v) is 14.4. The van der Waals surface area contributed by atoms with Crippen molar-refractivity contribution in [2.24, 2.45) is 0 Å². The first kappa shape index (κ1) is 23.7. The number of aromatic nitrogens is 2. The second-order valence-corrected chi connectivity index (χ2v) is 12.7. The molecule has 0 N–H and O–H groups in total. The number of nitrogens with zero attached hydrogens (tertiary/aromatic N) is 3. The molecule has 0 unspecified atom stereocenters. The third kappa shape index (κ3) is 3.99. The van der Waals surface area contributed by atoms with Crippen LogP contribution in [0.2, 0.25) is 10.0 Å². The monoisotopic (exact) mass is 549 g/mol. The third-order valence-electron chi connectivity index (χ3n) is 8.64. The lowest BCUT2D eigenvalue weighted by Crippen LogP contribution is -2.49. The summed E-state index contributed by atoms with van der Waals surface area (Å²) in [6.07, 6.45) is 8.48. The zero-order chi connectivity index (χ0) is 25.2. The maximum Gasteiger partial charge on any atom is 0.145 e. The molecule has 4 aromatic rings. The van der Waals surface area contributed by atoms with Crippen LogP contribution in [0.3, 0.4) is 0 Å². The van der Waals surface area contributed by atoms with E-state index in [0.29, 0.717) is 33.8 Å². The van der Waals surface area contributed by atoms with Gasteiger partial charge in [0.15, 0.2) is 0 Å². The van der Waals surface area contributed by atoms with E-state index in [1.807, 2.05) is 36.4 Å². The van der Waals surface area contributed by atoms with Gasteiger partial charge in [-0.05, 0) is 81.7 Å². The van der Waals surface area contributed by atoms with Crippen LogP contribution >= 0.6 is 34.5 Å². The normalized spacial score (nSPS) is 25.0. The molecule has 0 amide bonds. The lowest BCUT2D eigenvalue weighted by molar-refractivity contribution is -0.127. The van der Waals surface area contributed by atoms with E-state index in [4.69, 9.17) is 37.4 Å². The Labute approximate surface area is 229 Å². The van der Waals surface area contributed by atoms with Gasteiger partial charge in [-0.15, -0.1) is 11.3 Å². The van der Waals surface area contributed by atoms with Crippen LogP contribution in [0.5, 0.6) is 0 Å². The van der Waals surface area contributed by atoms with Crippen molar-refractivity contribution in [3.63, 3.8) is 0 Å². The maximum atomic E-state index is 9.26. The number of benzene rings is 2. The number of nitriles is 1. The minimum absolute atomic E-state index is 0.119. The zero-order valence-electron chi connectivity index (χ0n) is 20.2. The molecule has 8 heteroatoms. The highest BCUT2D eigenvalue weighted by Crippen LogP contribution is 2.56. The zero-order valence-corrected chi connectivity index (χ0v) is 22.6. The summed E-state index contributed by atoms with van der Waals surface area (Å²) in [5.41, 5.74) is 4.10. The van der Waals surface area contributed by atoms with E-state index in [9.17, 15) is 5.26 Å². The van der Waals surface area contributed by atoms with Crippen LogP contribution in [-0.2, 0) is 16.8 Å². The minimum Gasteiger partial charge on any atom is -0.370 e. The Bertz CT molecular complexity index is 1520. The van der Waals surface area contributed by atoms with Gasteiger partial charge in [-0.3, -0.25) is 0 Å². The Hall–Kier alpha value is -2.43. The summed E-state index contributed by atoms with van der Waals surface area (Å²) in [5.74, 6) is 1.33. The van der Waals surface area contributed by atoms with Gasteiger partial charge in [0.2, 0.25) is 0 Å². The van der Waals surface area contributed by atoms with E-state index in [2.05, 4.69) is 11.2 Å². The highest BCUT2D eigenvalue weighted by molar-refractivity contribution is 7.18. The van der Waals surface area contributed by atoms with Crippen molar-refractivity contribution < 1.29 is 9.26 Å². The van der Waals surface area contributed by atoms with Crippen molar-refractivity contribution in [2.75, 3.05) is 0 Å². The topological polar surface area (TPSA) is 71.9 Å². The van der Waals surface area contributed by atoms with E-state index >= 15 is 0 Å². The fourth-order valence-electron chi connectivity index (χ4n) is 6.18. The van der Waals surface area contributed by atoms with Gasteiger partial charge in [-0.25, -0.2) is 4.98 Å². The summed E-state index contributed by atoms with van der Waals surface area (Å²) in [5, 5.41) is 16.0. The van der Waals surface area contributed by atoms with E-state index in [1.165, 1.54) is 5.01 Å². The molecule has 4 saturated carbocycles. The van der Waals surface area contributed by atoms with E-state index in [0.717, 1.165) is 78.5 Å². The second-order valence-electron chi connectivity index (χ2n) is 10.8. The van der Waals surface area contributed by atoms with E-state index in [1.54, 1.807) is 11.3 Å². The standard InChI is InChI=1S/C29H25Cl2N3O2S/c30-20-2-1-3-21(31)24(20)25-19(26(36-34-25)18-5-6-18)16-35-29-11-8-28(9-12-29,10-13-29)27-33-22-7-4-17(15-32)14-23(22)37-27/h1-4,7,14,18H,5-6,8-13,16H2. The minimum atomic E-state index is -0.133. The van der Waals surface area contributed by atoms with Crippen LogP contribution in [0.15, 0.2) is 40.9 Å². The number of hydrogen-bond donors (Lipinski definition) is 0. The molecule has 2 aromatic carbocycles. The average molecular weight is 551 g/mol. The first-order valence-electron chi connectivity index (χ1n) is 12.9. The van der Waals surface area contributed by atoms with Gasteiger partial charge >= 0.3 is 0 Å². The number of hydrogen-bond acceptors (Lipinski definition) is 6. The molecular weight excluding hydrogens is 525 g/mol. The Kier molecular flexibility index (Phi) is 5.64. The number of halogens is 2. The molecule has 0 saturated heterocycles. The summed E-state index contributed by atoms with van der Waals surface area (Å²) in [6, 6.07) is 13.6. The average Bonchev–Trinajstić information content (AvgIpc) is 3.54. The second kappa shape index (κ2) is 8.81.